The van der Waals surface area contributed by atoms with Gasteiger partial charge in [0.25, 0.3) is 0 Å². The SMILES string of the molecule is CC(C)Oc1ccccc1C(O)C(O)CN=[N+]=[N-]. The van der Waals surface area contributed by atoms with Gasteiger partial charge in [-0.05, 0) is 25.4 Å². The van der Waals surface area contributed by atoms with Gasteiger partial charge >= 0.3 is 0 Å². The van der Waals surface area contributed by atoms with E-state index in [9.17, 15) is 10.2 Å². The average Bonchev–Trinajstić information content (AvgIpc) is 2.35. The summed E-state index contributed by atoms with van der Waals surface area (Å²) < 4.78 is 5.55. The van der Waals surface area contributed by atoms with Gasteiger partial charge in [0.2, 0.25) is 0 Å². The maximum atomic E-state index is 10.00. The number of aliphatic hydroxyl groups excluding tert-OH is 2. The summed E-state index contributed by atoms with van der Waals surface area (Å²) in [6, 6.07) is 6.92. The van der Waals surface area contributed by atoms with Gasteiger partial charge in [-0.2, -0.15) is 0 Å². The Bertz CT molecular complexity index is 430. The van der Waals surface area contributed by atoms with Gasteiger partial charge in [-0.15, -0.1) is 0 Å². The first kappa shape index (κ1) is 14.3. The van der Waals surface area contributed by atoms with Gasteiger partial charge in [-0.25, -0.2) is 0 Å². The summed E-state index contributed by atoms with van der Waals surface area (Å²) in [5, 5.41) is 22.9. The molecule has 0 heterocycles. The second kappa shape index (κ2) is 6.86. The molecule has 0 aliphatic rings. The topological polar surface area (TPSA) is 98.5 Å². The van der Waals surface area contributed by atoms with E-state index in [1.165, 1.54) is 0 Å². The van der Waals surface area contributed by atoms with Crippen molar-refractivity contribution in [3.05, 3.63) is 40.3 Å². The van der Waals surface area contributed by atoms with Crippen LogP contribution in [-0.4, -0.2) is 29.0 Å². The van der Waals surface area contributed by atoms with Gasteiger partial charge in [-0.3, -0.25) is 0 Å². The molecule has 0 aromatic heterocycles. The molecule has 0 saturated carbocycles. The Hall–Kier alpha value is -1.75. The molecule has 1 rings (SSSR count). The number of ether oxygens (including phenoxy) is 1. The van der Waals surface area contributed by atoms with E-state index in [1.54, 1.807) is 24.3 Å². The maximum absolute atomic E-state index is 10.00. The third-order valence-electron chi connectivity index (χ3n) is 2.30. The van der Waals surface area contributed by atoms with Gasteiger partial charge in [-0.1, -0.05) is 23.3 Å². The molecule has 0 bridgehead atoms. The Balaban J connectivity index is 2.89. The lowest BCUT2D eigenvalue weighted by Crippen LogP contribution is -2.22. The minimum atomic E-state index is -1.15. The van der Waals surface area contributed by atoms with Crippen LogP contribution >= 0.6 is 0 Å². The van der Waals surface area contributed by atoms with Crippen LogP contribution in [0.4, 0.5) is 0 Å². The zero-order valence-electron chi connectivity index (χ0n) is 10.4. The molecule has 0 radical (unpaired) electrons. The molecule has 1 aromatic carbocycles. The van der Waals surface area contributed by atoms with Crippen LogP contribution < -0.4 is 4.74 Å². The van der Waals surface area contributed by atoms with Crippen molar-refractivity contribution in [1.82, 2.24) is 0 Å². The lowest BCUT2D eigenvalue weighted by molar-refractivity contribution is 0.0221. The van der Waals surface area contributed by atoms with E-state index in [0.29, 0.717) is 11.3 Å². The zero-order valence-corrected chi connectivity index (χ0v) is 10.4. The number of hydrogen-bond acceptors (Lipinski definition) is 4. The molecule has 0 fully saturated rings. The molecule has 2 unspecified atom stereocenters. The fourth-order valence-corrected chi connectivity index (χ4v) is 1.51. The van der Waals surface area contributed by atoms with Crippen LogP contribution in [0.25, 0.3) is 10.4 Å². The van der Waals surface area contributed by atoms with Crippen molar-refractivity contribution in [1.29, 1.82) is 0 Å². The predicted octanol–water partition coefficient (Wildman–Crippen LogP) is 2.18. The number of aliphatic hydroxyl groups is 2. The Morgan fingerprint density at radius 3 is 2.61 bits per heavy atom. The van der Waals surface area contributed by atoms with Crippen molar-refractivity contribution in [2.24, 2.45) is 5.11 Å². The zero-order chi connectivity index (χ0) is 13.5. The normalized spacial score (nSPS) is 13.8. The number of rotatable bonds is 6. The highest BCUT2D eigenvalue weighted by atomic mass is 16.5. The van der Waals surface area contributed by atoms with E-state index < -0.39 is 12.2 Å². The quantitative estimate of drug-likeness (QED) is 0.460. The van der Waals surface area contributed by atoms with Gasteiger partial charge < -0.3 is 14.9 Å². The van der Waals surface area contributed by atoms with E-state index in [0.717, 1.165) is 0 Å². The predicted molar refractivity (Wildman–Crippen MR) is 67.2 cm³/mol. The monoisotopic (exact) mass is 251 g/mol. The molecule has 6 nitrogen and oxygen atoms in total. The van der Waals surface area contributed by atoms with E-state index in [1.807, 2.05) is 13.8 Å². The number of azide groups is 1. The fraction of sp³-hybridized carbons (Fsp3) is 0.500. The van der Waals surface area contributed by atoms with Crippen LogP contribution in [0.2, 0.25) is 0 Å². The number of benzene rings is 1. The van der Waals surface area contributed by atoms with E-state index in [4.69, 9.17) is 10.3 Å². The molecular formula is C12H17N3O3. The Morgan fingerprint density at radius 2 is 2.00 bits per heavy atom. The van der Waals surface area contributed by atoms with Crippen molar-refractivity contribution in [3.8, 4) is 5.75 Å². The third-order valence-corrected chi connectivity index (χ3v) is 2.30. The first-order valence-corrected chi connectivity index (χ1v) is 5.68. The highest BCUT2D eigenvalue weighted by Crippen LogP contribution is 2.28. The summed E-state index contributed by atoms with van der Waals surface area (Å²) >= 11 is 0. The van der Waals surface area contributed by atoms with Gasteiger partial charge in [0.15, 0.2) is 0 Å². The third kappa shape index (κ3) is 3.92. The van der Waals surface area contributed by atoms with E-state index in [-0.39, 0.29) is 12.6 Å². The van der Waals surface area contributed by atoms with Crippen molar-refractivity contribution in [3.63, 3.8) is 0 Å². The standard InChI is InChI=1S/C12H17N3O3/c1-8(2)18-11-6-4-3-5-9(11)12(17)10(16)7-14-15-13/h3-6,8,10,12,16-17H,7H2,1-2H3. The Labute approximate surface area is 105 Å². The second-order valence-corrected chi connectivity index (χ2v) is 4.13. The molecule has 1 aromatic rings. The molecule has 0 spiro atoms. The van der Waals surface area contributed by atoms with E-state index in [2.05, 4.69) is 10.0 Å². The largest absolute Gasteiger partial charge is 0.491 e. The van der Waals surface area contributed by atoms with Crippen molar-refractivity contribution < 1.29 is 14.9 Å². The van der Waals surface area contributed by atoms with Crippen LogP contribution in [0.15, 0.2) is 29.4 Å². The molecule has 6 heteroatoms. The summed E-state index contributed by atoms with van der Waals surface area (Å²) in [4.78, 5) is 2.55. The van der Waals surface area contributed by atoms with Gasteiger partial charge in [0, 0.05) is 10.5 Å². The van der Waals surface area contributed by atoms with Crippen LogP contribution in [0, 0.1) is 0 Å². The fourth-order valence-electron chi connectivity index (χ4n) is 1.51. The van der Waals surface area contributed by atoms with Gasteiger partial charge in [0.05, 0.1) is 18.8 Å². The summed E-state index contributed by atoms with van der Waals surface area (Å²) in [7, 11) is 0. The Morgan fingerprint density at radius 1 is 1.33 bits per heavy atom. The van der Waals surface area contributed by atoms with Crippen LogP contribution in [0.5, 0.6) is 5.75 Å². The molecule has 2 N–H and O–H groups in total. The van der Waals surface area contributed by atoms with Crippen LogP contribution in [0.3, 0.4) is 0 Å². The summed E-state index contributed by atoms with van der Waals surface area (Å²) in [5.41, 5.74) is 8.66. The average molecular weight is 251 g/mol. The first-order valence-electron chi connectivity index (χ1n) is 5.68. The molecule has 0 aliphatic carbocycles. The molecule has 0 amide bonds. The molecule has 98 valence electrons. The number of nitrogens with zero attached hydrogens (tertiary/aromatic N) is 3. The summed E-state index contributed by atoms with van der Waals surface area (Å²) in [6.45, 7) is 3.56. The second-order valence-electron chi connectivity index (χ2n) is 4.13. The van der Waals surface area contributed by atoms with Crippen molar-refractivity contribution >= 4 is 0 Å². The number of hydrogen-bond donors (Lipinski definition) is 2. The molecular weight excluding hydrogens is 234 g/mol. The minimum absolute atomic E-state index is 0.0346. The molecule has 2 atom stereocenters. The van der Waals surface area contributed by atoms with Crippen LogP contribution in [-0.2, 0) is 0 Å². The van der Waals surface area contributed by atoms with E-state index >= 15 is 0 Å². The van der Waals surface area contributed by atoms with Crippen molar-refractivity contribution in [2.75, 3.05) is 6.54 Å². The summed E-state index contributed by atoms with van der Waals surface area (Å²) in [5.74, 6) is 0.514. The molecule has 18 heavy (non-hydrogen) atoms. The van der Waals surface area contributed by atoms with Gasteiger partial charge in [0.1, 0.15) is 11.9 Å². The number of para-hydroxylation sites is 1. The smallest absolute Gasteiger partial charge is 0.125 e. The lowest BCUT2D eigenvalue weighted by atomic mass is 10.0. The Kier molecular flexibility index (Phi) is 5.45. The molecule has 0 saturated heterocycles. The maximum Gasteiger partial charge on any atom is 0.125 e. The highest BCUT2D eigenvalue weighted by molar-refractivity contribution is 5.35. The highest BCUT2D eigenvalue weighted by Gasteiger charge is 2.21. The van der Waals surface area contributed by atoms with Crippen LogP contribution in [0.1, 0.15) is 25.5 Å². The lowest BCUT2D eigenvalue weighted by Gasteiger charge is -2.20. The van der Waals surface area contributed by atoms with Crippen molar-refractivity contribution in [2.45, 2.75) is 32.2 Å². The minimum Gasteiger partial charge on any atom is -0.491 e. The summed E-state index contributed by atoms with van der Waals surface area (Å²) in [6.07, 6.45) is -2.34. The first-order chi connectivity index (χ1) is 8.56. The molecule has 0 aliphatic heterocycles.